The molecule has 0 N–H and O–H groups in total. The van der Waals surface area contributed by atoms with Gasteiger partial charge in [0.1, 0.15) is 23.1 Å². The molecule has 0 aliphatic rings. The smallest absolute Gasteiger partial charge is 0.180 e. The topological polar surface area (TPSA) is 48.8 Å². The average Bonchev–Trinajstić information content (AvgIpc) is 4.27. The lowest BCUT2D eigenvalue weighted by Gasteiger charge is -2.11. The molecule has 16 aromatic rings. The molecule has 0 spiro atoms. The number of hydrogen-bond acceptors (Lipinski definition) is 4. The summed E-state index contributed by atoms with van der Waals surface area (Å²) in [6.07, 6.45) is 1.66. The molecule has 5 heterocycles. The third-order valence-electron chi connectivity index (χ3n) is 15.5. The van der Waals surface area contributed by atoms with E-state index in [0.29, 0.717) is 5.58 Å². The molecule has 5 nitrogen and oxygen atoms in total. The number of rotatable bonds is 7. The number of para-hydroxylation sites is 3. The van der Waals surface area contributed by atoms with Gasteiger partial charge in [-0.05, 0) is 123 Å². The molecule has 354 valence electrons. The molecule has 5 aromatic heterocycles. The number of fused-ring (bicyclic) bond motifs is 12. The van der Waals surface area contributed by atoms with Gasteiger partial charge in [-0.2, -0.15) is 0 Å². The van der Waals surface area contributed by atoms with Gasteiger partial charge in [0.05, 0.1) is 22.1 Å². The van der Waals surface area contributed by atoms with Gasteiger partial charge in [-0.15, -0.1) is 11.3 Å². The minimum absolute atomic E-state index is 0.668. The van der Waals surface area contributed by atoms with E-state index in [1.165, 1.54) is 80.6 Å². The summed E-state index contributed by atoms with van der Waals surface area (Å²) < 4.78 is 14.1. The number of aromatic nitrogens is 4. The first-order chi connectivity index (χ1) is 37.7. The fraction of sp³-hybridized carbons (Fsp3) is 0. The van der Waals surface area contributed by atoms with E-state index in [1.807, 2.05) is 11.3 Å². The van der Waals surface area contributed by atoms with Gasteiger partial charge in [-0.25, -0.2) is 9.97 Å². The number of furan rings is 1. The summed E-state index contributed by atoms with van der Waals surface area (Å²) in [6.45, 7) is 0. The molecular formula is C70H42N4OS. The van der Waals surface area contributed by atoms with Crippen molar-refractivity contribution >= 4 is 97.2 Å². The van der Waals surface area contributed by atoms with Crippen molar-refractivity contribution in [2.75, 3.05) is 0 Å². The Hall–Kier alpha value is -9.88. The minimum Gasteiger partial charge on any atom is -0.452 e. The van der Waals surface area contributed by atoms with Gasteiger partial charge >= 0.3 is 0 Å². The first-order valence-corrected chi connectivity index (χ1v) is 26.5. The van der Waals surface area contributed by atoms with Crippen LogP contribution < -0.4 is 0 Å². The molecule has 0 fully saturated rings. The van der Waals surface area contributed by atoms with E-state index < -0.39 is 0 Å². The summed E-state index contributed by atoms with van der Waals surface area (Å²) >= 11 is 1.87. The highest BCUT2D eigenvalue weighted by Crippen LogP contribution is 2.43. The van der Waals surface area contributed by atoms with Crippen molar-refractivity contribution in [1.29, 1.82) is 0 Å². The Morgan fingerprint density at radius 2 is 0.895 bits per heavy atom. The zero-order valence-corrected chi connectivity index (χ0v) is 41.7. The van der Waals surface area contributed by atoms with E-state index in [-0.39, 0.29) is 0 Å². The molecule has 0 amide bonds. The van der Waals surface area contributed by atoms with Crippen LogP contribution in [0.1, 0.15) is 0 Å². The van der Waals surface area contributed by atoms with Crippen LogP contribution in [0.4, 0.5) is 0 Å². The molecule has 6 heteroatoms. The molecule has 0 saturated carbocycles. The van der Waals surface area contributed by atoms with Crippen LogP contribution >= 0.6 is 11.3 Å². The van der Waals surface area contributed by atoms with E-state index in [1.54, 1.807) is 6.33 Å². The molecule has 76 heavy (non-hydrogen) atoms. The predicted molar refractivity (Wildman–Crippen MR) is 318 cm³/mol. The highest BCUT2D eigenvalue weighted by Gasteiger charge is 2.20. The van der Waals surface area contributed by atoms with Crippen molar-refractivity contribution in [2.24, 2.45) is 0 Å². The van der Waals surface area contributed by atoms with Gasteiger partial charge in [0, 0.05) is 64.0 Å². The summed E-state index contributed by atoms with van der Waals surface area (Å²) in [4.78, 5) is 9.74. The fourth-order valence-electron chi connectivity index (χ4n) is 11.9. The highest BCUT2D eigenvalue weighted by atomic mass is 32.1. The second-order valence-electron chi connectivity index (χ2n) is 19.7. The van der Waals surface area contributed by atoms with Gasteiger partial charge in [-0.3, -0.25) is 0 Å². The predicted octanol–water partition coefficient (Wildman–Crippen LogP) is 19.3. The maximum atomic E-state index is 6.68. The van der Waals surface area contributed by atoms with Gasteiger partial charge in [0.25, 0.3) is 0 Å². The molecule has 0 aliphatic heterocycles. The molecule has 0 bridgehead atoms. The summed E-state index contributed by atoms with van der Waals surface area (Å²) in [7, 11) is 0. The second kappa shape index (κ2) is 16.8. The Bertz CT molecular complexity index is 5000. The Morgan fingerprint density at radius 3 is 1.74 bits per heavy atom. The van der Waals surface area contributed by atoms with Crippen LogP contribution in [0.3, 0.4) is 0 Å². The Labute approximate surface area is 440 Å². The van der Waals surface area contributed by atoms with E-state index in [9.17, 15) is 0 Å². The van der Waals surface area contributed by atoms with Crippen molar-refractivity contribution in [1.82, 2.24) is 19.1 Å². The molecule has 0 atom stereocenters. The van der Waals surface area contributed by atoms with Crippen molar-refractivity contribution in [2.45, 2.75) is 0 Å². The lowest BCUT2D eigenvalue weighted by molar-refractivity contribution is 0.667. The molecule has 0 aliphatic carbocycles. The number of thiophene rings is 1. The number of benzene rings is 11. The van der Waals surface area contributed by atoms with E-state index in [2.05, 4.69) is 258 Å². The van der Waals surface area contributed by atoms with Crippen LogP contribution in [0.2, 0.25) is 0 Å². The zero-order chi connectivity index (χ0) is 49.8. The van der Waals surface area contributed by atoms with Crippen molar-refractivity contribution in [3.63, 3.8) is 0 Å². The van der Waals surface area contributed by atoms with Crippen LogP contribution in [-0.2, 0) is 0 Å². The number of nitrogens with zero attached hydrogens (tertiary/aromatic N) is 4. The third kappa shape index (κ3) is 6.64. The quantitative estimate of drug-likeness (QED) is 0.160. The lowest BCUT2D eigenvalue weighted by Crippen LogP contribution is -1.95. The van der Waals surface area contributed by atoms with Crippen LogP contribution in [0.5, 0.6) is 0 Å². The number of hydrogen-bond donors (Lipinski definition) is 0. The van der Waals surface area contributed by atoms with Crippen LogP contribution in [0.25, 0.3) is 153 Å². The van der Waals surface area contributed by atoms with Crippen LogP contribution in [0.15, 0.2) is 259 Å². The van der Waals surface area contributed by atoms with Gasteiger partial charge in [0.2, 0.25) is 0 Å². The van der Waals surface area contributed by atoms with E-state index in [4.69, 9.17) is 14.4 Å². The summed E-state index contributed by atoms with van der Waals surface area (Å²) in [5.74, 6) is 0. The standard InChI is InChI=1S/C70H42N4OS/c1-2-16-51(17-3-1)73-62-25-8-5-20-55(62)59-39-47(32-35-63(59)73)48-31-34-56-54-19-4-7-24-61(54)74(64(56)41-48)52-18-11-15-50(38-52)67-69-68(72-42-71-67)60-40-46(33-36-65(60)75-69)44-29-27-43(28-30-44)45-13-10-14-49(37-45)53-22-12-23-58-57-21-6-9-26-66(57)76-70(53)58/h1-42H. The first-order valence-electron chi connectivity index (χ1n) is 25.7. The Balaban J connectivity index is 0.742. The maximum Gasteiger partial charge on any atom is 0.180 e. The van der Waals surface area contributed by atoms with Crippen molar-refractivity contribution in [3.8, 4) is 67.1 Å². The van der Waals surface area contributed by atoms with Crippen LogP contribution in [0, 0.1) is 0 Å². The molecule has 11 aromatic carbocycles. The molecule has 0 unspecified atom stereocenters. The second-order valence-corrected chi connectivity index (χ2v) is 20.8. The summed E-state index contributed by atoms with van der Waals surface area (Å²) in [5.41, 5.74) is 20.2. The lowest BCUT2D eigenvalue weighted by atomic mass is 9.96. The Kier molecular flexibility index (Phi) is 9.44. The van der Waals surface area contributed by atoms with Crippen molar-refractivity contribution < 1.29 is 4.42 Å². The minimum atomic E-state index is 0.668. The average molecular weight is 987 g/mol. The third-order valence-corrected chi connectivity index (χ3v) is 16.7. The largest absolute Gasteiger partial charge is 0.452 e. The molecule has 0 saturated heterocycles. The molecule has 0 radical (unpaired) electrons. The maximum absolute atomic E-state index is 6.68. The fourth-order valence-corrected chi connectivity index (χ4v) is 13.1. The zero-order valence-electron chi connectivity index (χ0n) is 40.9. The summed E-state index contributed by atoms with van der Waals surface area (Å²) in [6, 6.07) is 90.0. The van der Waals surface area contributed by atoms with E-state index >= 15 is 0 Å². The Morgan fingerprint density at radius 1 is 0.329 bits per heavy atom. The summed E-state index contributed by atoms with van der Waals surface area (Å²) in [5, 5.41) is 8.45. The normalized spacial score (nSPS) is 11.9. The first kappa shape index (κ1) is 42.6. The van der Waals surface area contributed by atoms with E-state index in [0.717, 1.165) is 66.8 Å². The SMILES string of the molecule is c1ccc(-n2c3ccccc3c3cc(-c4ccc5c6ccccc6n(-c6cccc(-c7ncnc8c7oc7ccc(-c9ccc(-c%10cccc(-c%11cccc%12c%11sc%11ccccc%11%12)c%10)cc9)cc78)c6)c5c4)ccc32)cc1. The van der Waals surface area contributed by atoms with Crippen molar-refractivity contribution in [3.05, 3.63) is 255 Å². The highest BCUT2D eigenvalue weighted by molar-refractivity contribution is 7.26. The molecule has 16 rings (SSSR count). The van der Waals surface area contributed by atoms with Gasteiger partial charge < -0.3 is 13.6 Å². The van der Waals surface area contributed by atoms with Gasteiger partial charge in [0.15, 0.2) is 5.58 Å². The monoisotopic (exact) mass is 986 g/mol. The van der Waals surface area contributed by atoms with Crippen LogP contribution in [-0.4, -0.2) is 19.1 Å². The van der Waals surface area contributed by atoms with Gasteiger partial charge in [-0.1, -0.05) is 170 Å². The molecular weight excluding hydrogens is 945 g/mol.